The van der Waals surface area contributed by atoms with Crippen LogP contribution >= 0.6 is 0 Å². The van der Waals surface area contributed by atoms with Gasteiger partial charge in [0.25, 0.3) is 10.0 Å². The summed E-state index contributed by atoms with van der Waals surface area (Å²) in [7, 11) is -1.91. The summed E-state index contributed by atoms with van der Waals surface area (Å²) in [6.45, 7) is 3.99. The first-order valence-corrected chi connectivity index (χ1v) is 8.15. The van der Waals surface area contributed by atoms with E-state index in [9.17, 15) is 8.42 Å². The Bertz CT molecular complexity index is 733. The van der Waals surface area contributed by atoms with Crippen molar-refractivity contribution in [2.24, 2.45) is 12.8 Å². The lowest BCUT2D eigenvalue weighted by Crippen LogP contribution is -2.15. The lowest BCUT2D eigenvalue weighted by molar-refractivity contribution is 0.599. The largest absolute Gasteiger partial charge is 0.330 e. The van der Waals surface area contributed by atoms with Gasteiger partial charge in [-0.1, -0.05) is 12.1 Å². The highest BCUT2D eigenvalue weighted by Gasteiger charge is 2.23. The molecule has 0 aliphatic carbocycles. The third-order valence-electron chi connectivity index (χ3n) is 3.35. The predicted octanol–water partition coefficient (Wildman–Crippen LogP) is 1.34. The topological polar surface area (TPSA) is 90.0 Å². The Balaban J connectivity index is 2.29. The van der Waals surface area contributed by atoms with E-state index in [1.54, 1.807) is 37.7 Å². The molecule has 0 aliphatic heterocycles. The number of nitrogens with two attached hydrogens (primary N) is 1. The first-order chi connectivity index (χ1) is 9.85. The summed E-state index contributed by atoms with van der Waals surface area (Å²) in [5, 5.41) is 4.14. The molecule has 2 rings (SSSR count). The van der Waals surface area contributed by atoms with Crippen molar-refractivity contribution in [1.82, 2.24) is 9.78 Å². The fourth-order valence-corrected chi connectivity index (χ4v) is 3.75. The minimum atomic E-state index is -3.64. The summed E-state index contributed by atoms with van der Waals surface area (Å²) in [4.78, 5) is 0.232. The van der Waals surface area contributed by atoms with Crippen molar-refractivity contribution in [3.8, 4) is 0 Å². The van der Waals surface area contributed by atoms with Gasteiger partial charge in [-0.2, -0.15) is 5.10 Å². The van der Waals surface area contributed by atoms with Crippen LogP contribution in [0.15, 0.2) is 29.2 Å². The lowest BCUT2D eigenvalue weighted by Gasteiger charge is -2.09. The second-order valence-electron chi connectivity index (χ2n) is 4.96. The number of benzene rings is 1. The number of hydrogen-bond donors (Lipinski definition) is 2. The molecule has 2 aromatic rings. The number of nitrogens with zero attached hydrogens (tertiary/aromatic N) is 2. The zero-order valence-electron chi connectivity index (χ0n) is 12.4. The highest BCUT2D eigenvalue weighted by molar-refractivity contribution is 7.92. The number of aryl methyl sites for hydroxylation is 2. The summed E-state index contributed by atoms with van der Waals surface area (Å²) in [5.74, 6) is 0. The van der Waals surface area contributed by atoms with E-state index >= 15 is 0 Å². The van der Waals surface area contributed by atoms with E-state index in [0.717, 1.165) is 12.0 Å². The molecule has 1 heterocycles. The van der Waals surface area contributed by atoms with Gasteiger partial charge in [0.05, 0.1) is 11.4 Å². The minimum Gasteiger partial charge on any atom is -0.330 e. The second kappa shape index (κ2) is 5.87. The van der Waals surface area contributed by atoms with Crippen LogP contribution in [-0.4, -0.2) is 24.7 Å². The van der Waals surface area contributed by atoms with Crippen LogP contribution < -0.4 is 10.5 Å². The van der Waals surface area contributed by atoms with Crippen LogP contribution in [0.2, 0.25) is 0 Å². The fourth-order valence-electron chi connectivity index (χ4n) is 2.26. The zero-order valence-corrected chi connectivity index (χ0v) is 13.2. The summed E-state index contributed by atoms with van der Waals surface area (Å²) in [6, 6.07) is 7.22. The number of hydrogen-bond acceptors (Lipinski definition) is 4. The van der Waals surface area contributed by atoms with Crippen molar-refractivity contribution in [2.45, 2.75) is 25.2 Å². The molecule has 0 spiro atoms. The van der Waals surface area contributed by atoms with Crippen molar-refractivity contribution in [2.75, 3.05) is 11.3 Å². The van der Waals surface area contributed by atoms with Gasteiger partial charge in [-0.25, -0.2) is 8.42 Å². The molecule has 114 valence electrons. The van der Waals surface area contributed by atoms with Crippen LogP contribution in [-0.2, 0) is 23.5 Å². The highest BCUT2D eigenvalue weighted by Crippen LogP contribution is 2.22. The summed E-state index contributed by atoms with van der Waals surface area (Å²) in [6.07, 6.45) is 0.772. The standard InChI is InChI=1S/C14H20N4O2S/c1-10-14(11(2)18(3)16-10)21(19,20)17-13-6-4-12(5-7-13)8-9-15/h4-7,17H,8-9,15H2,1-3H3. The van der Waals surface area contributed by atoms with Gasteiger partial charge in [-0.15, -0.1) is 0 Å². The van der Waals surface area contributed by atoms with Crippen LogP contribution in [0.3, 0.4) is 0 Å². The van der Waals surface area contributed by atoms with Gasteiger partial charge in [0.1, 0.15) is 4.90 Å². The first-order valence-electron chi connectivity index (χ1n) is 6.67. The predicted molar refractivity (Wildman–Crippen MR) is 82.7 cm³/mol. The average Bonchev–Trinajstić information content (AvgIpc) is 2.66. The second-order valence-corrected chi connectivity index (χ2v) is 6.58. The Morgan fingerprint density at radius 2 is 1.86 bits per heavy atom. The van der Waals surface area contributed by atoms with Gasteiger partial charge in [-0.3, -0.25) is 9.40 Å². The molecule has 1 aromatic carbocycles. The number of sulfonamides is 1. The Hall–Kier alpha value is -1.86. The van der Waals surface area contributed by atoms with E-state index in [0.29, 0.717) is 23.6 Å². The van der Waals surface area contributed by atoms with Gasteiger partial charge < -0.3 is 5.73 Å². The van der Waals surface area contributed by atoms with Gasteiger partial charge in [0.2, 0.25) is 0 Å². The van der Waals surface area contributed by atoms with Crippen molar-refractivity contribution < 1.29 is 8.42 Å². The Kier molecular flexibility index (Phi) is 4.34. The van der Waals surface area contributed by atoms with Gasteiger partial charge in [0, 0.05) is 12.7 Å². The van der Waals surface area contributed by atoms with E-state index < -0.39 is 10.0 Å². The van der Waals surface area contributed by atoms with Crippen LogP contribution in [0.1, 0.15) is 17.0 Å². The highest BCUT2D eigenvalue weighted by atomic mass is 32.2. The Morgan fingerprint density at radius 1 is 1.24 bits per heavy atom. The van der Waals surface area contributed by atoms with Crippen LogP contribution in [0.5, 0.6) is 0 Å². The fraction of sp³-hybridized carbons (Fsp3) is 0.357. The van der Waals surface area contributed by atoms with Crippen molar-refractivity contribution in [3.63, 3.8) is 0 Å². The van der Waals surface area contributed by atoms with E-state index in [1.807, 2.05) is 12.1 Å². The van der Waals surface area contributed by atoms with Crippen molar-refractivity contribution >= 4 is 15.7 Å². The molecule has 0 fully saturated rings. The van der Waals surface area contributed by atoms with E-state index in [1.165, 1.54) is 0 Å². The van der Waals surface area contributed by atoms with E-state index in [-0.39, 0.29) is 4.90 Å². The average molecular weight is 308 g/mol. The summed E-state index contributed by atoms with van der Waals surface area (Å²) >= 11 is 0. The molecule has 0 atom stereocenters. The Labute approximate surface area is 125 Å². The van der Waals surface area contributed by atoms with Gasteiger partial charge in [0.15, 0.2) is 0 Å². The number of aromatic nitrogens is 2. The normalized spacial score (nSPS) is 11.6. The molecule has 7 heteroatoms. The number of rotatable bonds is 5. The number of anilines is 1. The molecule has 0 aliphatic rings. The van der Waals surface area contributed by atoms with E-state index in [2.05, 4.69) is 9.82 Å². The maximum Gasteiger partial charge on any atom is 0.265 e. The third-order valence-corrected chi connectivity index (χ3v) is 4.98. The maximum atomic E-state index is 12.5. The molecule has 1 aromatic heterocycles. The molecule has 3 N–H and O–H groups in total. The lowest BCUT2D eigenvalue weighted by atomic mass is 10.1. The molecule has 0 unspecified atom stereocenters. The van der Waals surface area contributed by atoms with Crippen LogP contribution in [0.4, 0.5) is 5.69 Å². The zero-order chi connectivity index (χ0) is 15.6. The van der Waals surface area contributed by atoms with Gasteiger partial charge in [-0.05, 0) is 44.5 Å². The summed E-state index contributed by atoms with van der Waals surface area (Å²) < 4.78 is 29.1. The first kappa shape index (κ1) is 15.5. The molecule has 0 bridgehead atoms. The molecular weight excluding hydrogens is 288 g/mol. The molecule has 6 nitrogen and oxygen atoms in total. The van der Waals surface area contributed by atoms with Crippen LogP contribution in [0, 0.1) is 13.8 Å². The van der Waals surface area contributed by atoms with E-state index in [4.69, 9.17) is 5.73 Å². The number of nitrogens with one attached hydrogen (secondary N) is 1. The summed E-state index contributed by atoms with van der Waals surface area (Å²) in [5.41, 5.74) is 8.19. The smallest absolute Gasteiger partial charge is 0.265 e. The van der Waals surface area contributed by atoms with Crippen molar-refractivity contribution in [3.05, 3.63) is 41.2 Å². The third kappa shape index (κ3) is 3.25. The quantitative estimate of drug-likeness (QED) is 0.872. The molecule has 0 saturated carbocycles. The molecule has 21 heavy (non-hydrogen) atoms. The van der Waals surface area contributed by atoms with Gasteiger partial charge >= 0.3 is 0 Å². The van der Waals surface area contributed by atoms with Crippen LogP contribution in [0.25, 0.3) is 0 Å². The Morgan fingerprint density at radius 3 is 2.33 bits per heavy atom. The molecular formula is C14H20N4O2S. The minimum absolute atomic E-state index is 0.232. The van der Waals surface area contributed by atoms with Crippen molar-refractivity contribution in [1.29, 1.82) is 0 Å². The SMILES string of the molecule is Cc1nn(C)c(C)c1S(=O)(=O)Nc1ccc(CCN)cc1. The maximum absolute atomic E-state index is 12.5. The molecule has 0 amide bonds. The molecule has 0 radical (unpaired) electrons. The monoisotopic (exact) mass is 308 g/mol. The molecule has 0 saturated heterocycles.